The van der Waals surface area contributed by atoms with Gasteiger partial charge in [0.1, 0.15) is 0 Å². The third-order valence-corrected chi connectivity index (χ3v) is 3.19. The molecule has 0 bridgehead atoms. The topological polar surface area (TPSA) is 55.1 Å². The lowest BCUT2D eigenvalue weighted by Gasteiger charge is -2.12. The molecule has 1 saturated heterocycles. The lowest BCUT2D eigenvalue weighted by atomic mass is 9.94. The first kappa shape index (κ1) is 12.0. The van der Waals surface area contributed by atoms with Crippen LogP contribution in [-0.4, -0.2) is 30.7 Å². The number of carbonyl (C=O) groups excluding carboxylic acids is 1. The van der Waals surface area contributed by atoms with Crippen molar-refractivity contribution in [1.82, 2.24) is 5.32 Å². The molecule has 0 aliphatic carbocycles. The highest BCUT2D eigenvalue weighted by molar-refractivity contribution is 7.80. The van der Waals surface area contributed by atoms with Crippen LogP contribution in [0.1, 0.15) is 25.7 Å². The first-order valence-corrected chi connectivity index (χ1v) is 5.98. The number of ketones is 1. The van der Waals surface area contributed by atoms with Gasteiger partial charge in [-0.2, -0.15) is 12.6 Å². The fraction of sp³-hybridized carbons (Fsp3) is 0.900. The monoisotopic (exact) mass is 216 g/mol. The summed E-state index contributed by atoms with van der Waals surface area (Å²) < 4.78 is 0. The molecule has 3 N–H and O–H groups in total. The first-order valence-electron chi connectivity index (χ1n) is 5.35. The predicted octanol–water partition coefficient (Wildman–Crippen LogP) is 0.592. The molecule has 0 amide bonds. The third kappa shape index (κ3) is 3.59. The van der Waals surface area contributed by atoms with E-state index in [-0.39, 0.29) is 6.04 Å². The second kappa shape index (κ2) is 6.43. The van der Waals surface area contributed by atoms with Crippen LogP contribution in [0.5, 0.6) is 0 Å². The number of rotatable bonds is 4. The summed E-state index contributed by atoms with van der Waals surface area (Å²) in [6.07, 6.45) is 3.92. The number of nitrogens with one attached hydrogen (secondary N) is 1. The first-order chi connectivity index (χ1) is 6.77. The predicted molar refractivity (Wildman–Crippen MR) is 61.7 cm³/mol. The van der Waals surface area contributed by atoms with E-state index in [1.54, 1.807) is 0 Å². The van der Waals surface area contributed by atoms with Crippen LogP contribution >= 0.6 is 12.6 Å². The van der Waals surface area contributed by atoms with E-state index in [0.29, 0.717) is 23.9 Å². The van der Waals surface area contributed by atoms with Crippen LogP contribution in [0.25, 0.3) is 0 Å². The number of nitrogens with two attached hydrogens (primary N) is 1. The standard InChI is InChI=1S/C10H20N2OS/c11-4-1-2-8-3-5-12-9(7-14)10(13)6-8/h8-9,12,14H,1-7,11H2/t8?,9-/m0/s1. The minimum absolute atomic E-state index is 0.0267. The summed E-state index contributed by atoms with van der Waals surface area (Å²) in [6, 6.07) is -0.0267. The van der Waals surface area contributed by atoms with Gasteiger partial charge >= 0.3 is 0 Å². The van der Waals surface area contributed by atoms with Crippen LogP contribution in [0.4, 0.5) is 0 Å². The summed E-state index contributed by atoms with van der Waals surface area (Å²) in [5.41, 5.74) is 5.46. The maximum absolute atomic E-state index is 11.7. The Labute approximate surface area is 91.2 Å². The average Bonchev–Trinajstić information content (AvgIpc) is 2.36. The molecule has 0 saturated carbocycles. The fourth-order valence-electron chi connectivity index (χ4n) is 1.92. The Balaban J connectivity index is 2.39. The van der Waals surface area contributed by atoms with E-state index in [1.807, 2.05) is 0 Å². The van der Waals surface area contributed by atoms with E-state index in [4.69, 9.17) is 5.73 Å². The van der Waals surface area contributed by atoms with Gasteiger partial charge in [0.15, 0.2) is 5.78 Å². The van der Waals surface area contributed by atoms with Crippen molar-refractivity contribution in [2.75, 3.05) is 18.8 Å². The Morgan fingerprint density at radius 2 is 2.36 bits per heavy atom. The van der Waals surface area contributed by atoms with E-state index in [0.717, 1.165) is 32.4 Å². The van der Waals surface area contributed by atoms with Gasteiger partial charge < -0.3 is 11.1 Å². The number of hydrogen-bond donors (Lipinski definition) is 3. The maximum atomic E-state index is 11.7. The molecule has 4 heteroatoms. The molecule has 1 heterocycles. The van der Waals surface area contributed by atoms with Crippen molar-refractivity contribution in [3.05, 3.63) is 0 Å². The second-order valence-electron chi connectivity index (χ2n) is 3.95. The molecule has 1 fully saturated rings. The van der Waals surface area contributed by atoms with Crippen molar-refractivity contribution in [2.45, 2.75) is 31.7 Å². The summed E-state index contributed by atoms with van der Waals surface area (Å²) >= 11 is 4.17. The molecule has 0 radical (unpaired) electrons. The molecule has 0 aromatic carbocycles. The zero-order chi connectivity index (χ0) is 10.4. The van der Waals surface area contributed by atoms with Crippen LogP contribution in [0.15, 0.2) is 0 Å². The van der Waals surface area contributed by atoms with Crippen molar-refractivity contribution in [3.63, 3.8) is 0 Å². The fourth-order valence-corrected chi connectivity index (χ4v) is 2.26. The average molecular weight is 216 g/mol. The highest BCUT2D eigenvalue weighted by Crippen LogP contribution is 2.19. The second-order valence-corrected chi connectivity index (χ2v) is 4.31. The molecule has 2 atom stereocenters. The SMILES string of the molecule is NCCCC1CCN[C@@H](CS)C(=O)C1. The van der Waals surface area contributed by atoms with Gasteiger partial charge in [0.2, 0.25) is 0 Å². The Kier molecular flexibility index (Phi) is 5.52. The third-order valence-electron chi connectivity index (χ3n) is 2.82. The lowest BCUT2D eigenvalue weighted by Crippen LogP contribution is -2.36. The van der Waals surface area contributed by atoms with Gasteiger partial charge in [0.25, 0.3) is 0 Å². The van der Waals surface area contributed by atoms with Crippen molar-refractivity contribution >= 4 is 18.4 Å². The van der Waals surface area contributed by atoms with E-state index in [2.05, 4.69) is 17.9 Å². The zero-order valence-corrected chi connectivity index (χ0v) is 9.43. The van der Waals surface area contributed by atoms with E-state index < -0.39 is 0 Å². The summed E-state index contributed by atoms with van der Waals surface area (Å²) in [5.74, 6) is 1.46. The molecule has 0 aromatic rings. The molecule has 0 spiro atoms. The molecule has 1 unspecified atom stereocenters. The van der Waals surface area contributed by atoms with E-state index >= 15 is 0 Å². The van der Waals surface area contributed by atoms with E-state index in [1.165, 1.54) is 0 Å². The van der Waals surface area contributed by atoms with Crippen LogP contribution in [-0.2, 0) is 4.79 Å². The summed E-state index contributed by atoms with van der Waals surface area (Å²) in [7, 11) is 0. The quantitative estimate of drug-likeness (QED) is 0.603. The van der Waals surface area contributed by atoms with Gasteiger partial charge in [-0.05, 0) is 38.3 Å². The van der Waals surface area contributed by atoms with Gasteiger partial charge in [0, 0.05) is 12.2 Å². The van der Waals surface area contributed by atoms with Gasteiger partial charge in [-0.1, -0.05) is 0 Å². The summed E-state index contributed by atoms with van der Waals surface area (Å²) in [4.78, 5) is 11.7. The Bertz CT molecular complexity index is 187. The minimum Gasteiger partial charge on any atom is -0.330 e. The van der Waals surface area contributed by atoms with Gasteiger partial charge in [-0.3, -0.25) is 4.79 Å². The Hall–Kier alpha value is -0.0600. The Morgan fingerprint density at radius 1 is 1.57 bits per heavy atom. The molecule has 1 rings (SSSR count). The summed E-state index contributed by atoms with van der Waals surface area (Å²) in [6.45, 7) is 1.67. The number of thiol groups is 1. The number of carbonyl (C=O) groups is 1. The van der Waals surface area contributed by atoms with Crippen LogP contribution in [0.3, 0.4) is 0 Å². The van der Waals surface area contributed by atoms with Crippen molar-refractivity contribution < 1.29 is 4.79 Å². The molecule has 82 valence electrons. The Morgan fingerprint density at radius 3 is 3.00 bits per heavy atom. The number of Topliss-reactive ketones (excluding diaryl/α,β-unsaturated/α-hetero) is 1. The zero-order valence-electron chi connectivity index (χ0n) is 8.54. The highest BCUT2D eigenvalue weighted by Gasteiger charge is 2.24. The highest BCUT2D eigenvalue weighted by atomic mass is 32.1. The van der Waals surface area contributed by atoms with Crippen LogP contribution < -0.4 is 11.1 Å². The molecule has 1 aliphatic heterocycles. The lowest BCUT2D eigenvalue weighted by molar-refractivity contribution is -0.120. The van der Waals surface area contributed by atoms with Crippen LogP contribution in [0, 0.1) is 5.92 Å². The van der Waals surface area contributed by atoms with Crippen LogP contribution in [0.2, 0.25) is 0 Å². The molecule has 3 nitrogen and oxygen atoms in total. The van der Waals surface area contributed by atoms with Gasteiger partial charge in [-0.25, -0.2) is 0 Å². The van der Waals surface area contributed by atoms with Crippen molar-refractivity contribution in [1.29, 1.82) is 0 Å². The molecular formula is C10H20N2OS. The minimum atomic E-state index is -0.0267. The largest absolute Gasteiger partial charge is 0.330 e. The molecule has 0 aromatic heterocycles. The summed E-state index contributed by atoms with van der Waals surface area (Å²) in [5, 5.41) is 3.23. The maximum Gasteiger partial charge on any atom is 0.150 e. The smallest absolute Gasteiger partial charge is 0.150 e. The van der Waals surface area contributed by atoms with Crippen molar-refractivity contribution in [2.24, 2.45) is 11.7 Å². The molecule has 14 heavy (non-hydrogen) atoms. The van der Waals surface area contributed by atoms with Gasteiger partial charge in [0.05, 0.1) is 6.04 Å². The van der Waals surface area contributed by atoms with Crippen molar-refractivity contribution in [3.8, 4) is 0 Å². The van der Waals surface area contributed by atoms with E-state index in [9.17, 15) is 4.79 Å². The normalized spacial score (nSPS) is 28.9. The van der Waals surface area contributed by atoms with Gasteiger partial charge in [-0.15, -0.1) is 0 Å². The molecular weight excluding hydrogens is 196 g/mol. The number of hydrogen-bond acceptors (Lipinski definition) is 4. The molecule has 1 aliphatic rings.